The van der Waals surface area contributed by atoms with Crippen molar-refractivity contribution in [1.29, 1.82) is 0 Å². The average Bonchev–Trinajstić information content (AvgIpc) is 3.14. The lowest BCUT2D eigenvalue weighted by atomic mass is 9.43. The number of carbonyl (C=O) groups excluding carboxylic acids is 1. The number of aliphatic hydroxyl groups excluding tert-OH is 2. The number of nitrogens with zero attached hydrogens (tertiary/aromatic N) is 1. The first kappa shape index (κ1) is 16.3. The van der Waals surface area contributed by atoms with E-state index in [0.29, 0.717) is 24.3 Å². The number of piperidine rings is 1. The second-order valence-electron chi connectivity index (χ2n) is 10.7. The zero-order valence-electron chi connectivity index (χ0n) is 15.9. The molecule has 0 unspecified atom stereocenters. The molecule has 0 aromatic rings. The predicted molar refractivity (Wildman–Crippen MR) is 97.2 cm³/mol. The molecule has 6 rings (SSSR count). The van der Waals surface area contributed by atoms with E-state index in [2.05, 4.69) is 25.3 Å². The summed E-state index contributed by atoms with van der Waals surface area (Å²) in [6, 6.07) is 0.331. The summed E-state index contributed by atoms with van der Waals surface area (Å²) in [6.45, 7) is 10.9. The van der Waals surface area contributed by atoms with Gasteiger partial charge in [-0.25, -0.2) is 0 Å². The van der Waals surface area contributed by atoms with Crippen molar-refractivity contribution in [3.63, 3.8) is 0 Å². The minimum Gasteiger partial charge on any atom is -0.392 e. The second kappa shape index (κ2) is 4.47. The van der Waals surface area contributed by atoms with Gasteiger partial charge in [0.25, 0.3) is 0 Å². The highest BCUT2D eigenvalue weighted by Gasteiger charge is 2.85. The summed E-state index contributed by atoms with van der Waals surface area (Å²) in [4.78, 5) is 15.6. The molecule has 6 aliphatic rings. The monoisotopic (exact) mass is 357 g/mol. The number of carbonyl (C=O) groups is 1. The predicted octanol–water partition coefficient (Wildman–Crippen LogP) is 2.00. The molecular formula is C22H31NO3. The third-order valence-electron chi connectivity index (χ3n) is 10.4. The largest absolute Gasteiger partial charge is 0.392 e. The van der Waals surface area contributed by atoms with E-state index >= 15 is 0 Å². The molecule has 4 nitrogen and oxygen atoms in total. The molecule has 26 heavy (non-hydrogen) atoms. The molecule has 7 bridgehead atoms. The third kappa shape index (κ3) is 1.33. The van der Waals surface area contributed by atoms with E-state index in [1.165, 1.54) is 0 Å². The Labute approximate surface area is 155 Å². The van der Waals surface area contributed by atoms with E-state index in [1.54, 1.807) is 0 Å². The van der Waals surface area contributed by atoms with Crippen molar-refractivity contribution in [3.8, 4) is 0 Å². The standard InChI is InChI=1S/C22H31NO3/c1-4-23-10-20(3)6-5-17(25)22-15(20)7-13(18(22)23)21-9-12(11(2)19(21)26)14(24)8-16(21)22/h12-13,15-19,25-26H,2,4-10H2,1,3H3/t12-,13-,15+,16+,17-,18-,19+,20-,21-,22+/m0/s1. The van der Waals surface area contributed by atoms with E-state index in [0.717, 1.165) is 44.3 Å². The molecule has 2 spiro atoms. The number of aliphatic hydroxyl groups is 2. The lowest BCUT2D eigenvalue weighted by Crippen LogP contribution is -2.68. The van der Waals surface area contributed by atoms with Gasteiger partial charge in [0.15, 0.2) is 0 Å². The van der Waals surface area contributed by atoms with Crippen molar-refractivity contribution in [2.75, 3.05) is 13.1 Å². The van der Waals surface area contributed by atoms with E-state index in [4.69, 9.17) is 0 Å². The number of rotatable bonds is 1. The minimum atomic E-state index is -0.561. The maximum Gasteiger partial charge on any atom is 0.140 e. The Kier molecular flexibility index (Phi) is 2.80. The van der Waals surface area contributed by atoms with Gasteiger partial charge < -0.3 is 10.2 Å². The van der Waals surface area contributed by atoms with Crippen LogP contribution in [0.15, 0.2) is 12.2 Å². The molecule has 1 aliphatic heterocycles. The van der Waals surface area contributed by atoms with Crippen LogP contribution < -0.4 is 0 Å². The van der Waals surface area contributed by atoms with Gasteiger partial charge in [0, 0.05) is 35.8 Å². The van der Waals surface area contributed by atoms with Gasteiger partial charge in [-0.3, -0.25) is 9.69 Å². The van der Waals surface area contributed by atoms with Crippen molar-refractivity contribution >= 4 is 5.78 Å². The molecule has 1 saturated heterocycles. The first-order chi connectivity index (χ1) is 12.3. The number of ketones is 1. The van der Waals surface area contributed by atoms with Crippen LogP contribution in [0.2, 0.25) is 0 Å². The van der Waals surface area contributed by atoms with Crippen molar-refractivity contribution in [3.05, 3.63) is 12.2 Å². The molecule has 0 amide bonds. The van der Waals surface area contributed by atoms with Crippen LogP contribution in [0.3, 0.4) is 0 Å². The Morgan fingerprint density at radius 2 is 2.08 bits per heavy atom. The maximum absolute atomic E-state index is 13.0. The number of Topliss-reactive ketones (excluding diaryl/α,β-unsaturated/α-hetero) is 1. The summed E-state index contributed by atoms with van der Waals surface area (Å²) >= 11 is 0. The molecule has 4 heteroatoms. The quantitative estimate of drug-likeness (QED) is 0.705. The third-order valence-corrected chi connectivity index (χ3v) is 10.4. The van der Waals surface area contributed by atoms with Gasteiger partial charge in [-0.15, -0.1) is 0 Å². The van der Waals surface area contributed by atoms with Crippen LogP contribution in [0.25, 0.3) is 0 Å². The first-order valence-corrected chi connectivity index (χ1v) is 10.6. The van der Waals surface area contributed by atoms with Gasteiger partial charge >= 0.3 is 0 Å². The Balaban J connectivity index is 1.62. The summed E-state index contributed by atoms with van der Waals surface area (Å²) in [5.41, 5.74) is 0.598. The van der Waals surface area contributed by atoms with Crippen LogP contribution in [0.4, 0.5) is 0 Å². The van der Waals surface area contributed by atoms with Gasteiger partial charge in [-0.1, -0.05) is 20.4 Å². The molecule has 2 N–H and O–H groups in total. The molecule has 5 aliphatic carbocycles. The van der Waals surface area contributed by atoms with E-state index in [-0.39, 0.29) is 40.0 Å². The number of fused-ring (bicyclic) bond motifs is 1. The van der Waals surface area contributed by atoms with Gasteiger partial charge in [-0.2, -0.15) is 0 Å². The molecular weight excluding hydrogens is 326 g/mol. The molecule has 5 saturated carbocycles. The van der Waals surface area contributed by atoms with E-state index < -0.39 is 6.10 Å². The average molecular weight is 357 g/mol. The highest BCUT2D eigenvalue weighted by molar-refractivity contribution is 5.87. The van der Waals surface area contributed by atoms with Crippen LogP contribution in [-0.4, -0.2) is 52.2 Å². The summed E-state index contributed by atoms with van der Waals surface area (Å²) in [5.74, 6) is 1.16. The van der Waals surface area contributed by atoms with Gasteiger partial charge in [0.05, 0.1) is 12.2 Å². The Morgan fingerprint density at radius 1 is 1.31 bits per heavy atom. The van der Waals surface area contributed by atoms with Crippen LogP contribution in [0, 0.1) is 39.9 Å². The van der Waals surface area contributed by atoms with Crippen molar-refractivity contribution in [2.24, 2.45) is 39.9 Å². The molecule has 0 aromatic carbocycles. The first-order valence-electron chi connectivity index (χ1n) is 10.6. The maximum atomic E-state index is 13.0. The van der Waals surface area contributed by atoms with Crippen LogP contribution >= 0.6 is 0 Å². The lowest BCUT2D eigenvalue weighted by Gasteiger charge is -2.65. The molecule has 10 atom stereocenters. The molecule has 6 fully saturated rings. The van der Waals surface area contributed by atoms with E-state index in [1.807, 2.05) is 0 Å². The fraction of sp³-hybridized carbons (Fsp3) is 0.864. The minimum absolute atomic E-state index is 0.130. The van der Waals surface area contributed by atoms with E-state index in [9.17, 15) is 15.0 Å². The Bertz CT molecular complexity index is 735. The zero-order valence-corrected chi connectivity index (χ0v) is 15.9. The smallest absolute Gasteiger partial charge is 0.140 e. The highest BCUT2D eigenvalue weighted by atomic mass is 16.3. The van der Waals surface area contributed by atoms with Crippen LogP contribution in [-0.2, 0) is 4.79 Å². The molecule has 0 aromatic heterocycles. The normalized spacial score (nSPS) is 62.7. The SMILES string of the molecule is C=C1[C@@H]2C[C@@]3([C@@H]1O)[C@@H](CC2=O)[C@]12[C@@H]4[C@@H]3C[C@@H]1[C@@](C)(CC[C@@H]2O)CN4CC. The van der Waals surface area contributed by atoms with Gasteiger partial charge in [0.1, 0.15) is 5.78 Å². The second-order valence-corrected chi connectivity index (χ2v) is 10.7. The zero-order chi connectivity index (χ0) is 18.2. The summed E-state index contributed by atoms with van der Waals surface area (Å²) in [6.07, 6.45) is 3.50. The number of hydrogen-bond donors (Lipinski definition) is 2. The summed E-state index contributed by atoms with van der Waals surface area (Å²) < 4.78 is 0. The molecule has 142 valence electrons. The lowest BCUT2D eigenvalue weighted by molar-refractivity contribution is -0.211. The Hall–Kier alpha value is -0.710. The highest BCUT2D eigenvalue weighted by Crippen LogP contribution is 2.83. The molecule has 0 radical (unpaired) electrons. The van der Waals surface area contributed by atoms with Crippen LogP contribution in [0.5, 0.6) is 0 Å². The number of likely N-dealkylation sites (tertiary alicyclic amines) is 1. The van der Waals surface area contributed by atoms with Gasteiger partial charge in [0.2, 0.25) is 0 Å². The molecule has 1 heterocycles. The summed E-state index contributed by atoms with van der Waals surface area (Å²) in [5, 5.41) is 22.8. The van der Waals surface area contributed by atoms with Crippen LogP contribution in [0.1, 0.15) is 46.0 Å². The Morgan fingerprint density at radius 3 is 2.81 bits per heavy atom. The fourth-order valence-electron chi connectivity index (χ4n) is 9.75. The van der Waals surface area contributed by atoms with Gasteiger partial charge in [-0.05, 0) is 61.0 Å². The van der Waals surface area contributed by atoms with Crippen molar-refractivity contribution in [2.45, 2.75) is 64.2 Å². The fourth-order valence-corrected chi connectivity index (χ4v) is 9.75. The topological polar surface area (TPSA) is 60.8 Å². The number of hydrogen-bond acceptors (Lipinski definition) is 4. The summed E-state index contributed by atoms with van der Waals surface area (Å²) in [7, 11) is 0. The van der Waals surface area contributed by atoms with Crippen molar-refractivity contribution in [1.82, 2.24) is 4.90 Å². The van der Waals surface area contributed by atoms with Crippen molar-refractivity contribution < 1.29 is 15.0 Å².